The van der Waals surface area contributed by atoms with Crippen LogP contribution >= 0.6 is 0 Å². The van der Waals surface area contributed by atoms with Gasteiger partial charge in [-0.1, -0.05) is 90.4 Å². The summed E-state index contributed by atoms with van der Waals surface area (Å²) < 4.78 is 4.69. The van der Waals surface area contributed by atoms with Crippen LogP contribution < -0.4 is 0 Å². The van der Waals surface area contributed by atoms with Crippen LogP contribution in [0.25, 0.3) is 0 Å². The van der Waals surface area contributed by atoms with Crippen LogP contribution in [0.2, 0.25) is 0 Å². The predicted octanol–water partition coefficient (Wildman–Crippen LogP) is 4.75. The van der Waals surface area contributed by atoms with Crippen molar-refractivity contribution >= 4 is 5.97 Å². The molecule has 0 aromatic carbocycles. The maximum atomic E-state index is 11.3. The highest BCUT2D eigenvalue weighted by Gasteiger charge is 2.24. The van der Waals surface area contributed by atoms with Crippen LogP contribution in [0.5, 0.6) is 0 Å². The lowest BCUT2D eigenvalue weighted by Gasteiger charge is -2.16. The standard InChI is InChI=1S/C20H40O4/c1-3-5-6-7-8-9-10-11-12-13-14-15-16-17-18(21)19(22)20(23)24-4-2/h18-19,21-22H,3-17H2,1-2H3. The van der Waals surface area contributed by atoms with Gasteiger partial charge in [-0.2, -0.15) is 0 Å². The van der Waals surface area contributed by atoms with Crippen molar-refractivity contribution in [1.82, 2.24) is 0 Å². The van der Waals surface area contributed by atoms with E-state index in [0.717, 1.165) is 12.8 Å². The first-order chi connectivity index (χ1) is 11.6. The van der Waals surface area contributed by atoms with Gasteiger partial charge in [-0.05, 0) is 13.3 Å². The molecule has 0 aromatic rings. The molecular formula is C20H40O4. The van der Waals surface area contributed by atoms with Crippen molar-refractivity contribution in [3.63, 3.8) is 0 Å². The largest absolute Gasteiger partial charge is 0.464 e. The molecule has 2 N–H and O–H groups in total. The fourth-order valence-electron chi connectivity index (χ4n) is 2.91. The Morgan fingerprint density at radius 3 is 1.58 bits per heavy atom. The van der Waals surface area contributed by atoms with Crippen LogP contribution in [0.15, 0.2) is 0 Å². The van der Waals surface area contributed by atoms with Gasteiger partial charge in [-0.3, -0.25) is 0 Å². The van der Waals surface area contributed by atoms with Crippen molar-refractivity contribution in [2.45, 2.75) is 116 Å². The average Bonchev–Trinajstić information content (AvgIpc) is 2.58. The quantitative estimate of drug-likeness (QED) is 0.295. The minimum Gasteiger partial charge on any atom is -0.464 e. The lowest BCUT2D eigenvalue weighted by molar-refractivity contribution is -0.159. The Bertz CT molecular complexity index is 281. The van der Waals surface area contributed by atoms with E-state index < -0.39 is 18.2 Å². The Morgan fingerprint density at radius 2 is 1.17 bits per heavy atom. The van der Waals surface area contributed by atoms with Gasteiger partial charge in [0.05, 0.1) is 12.7 Å². The number of carbonyl (C=O) groups excluding carboxylic acids is 1. The van der Waals surface area contributed by atoms with E-state index in [1.807, 2.05) is 0 Å². The van der Waals surface area contributed by atoms with Crippen molar-refractivity contribution < 1.29 is 19.7 Å². The van der Waals surface area contributed by atoms with Gasteiger partial charge in [0, 0.05) is 0 Å². The van der Waals surface area contributed by atoms with Crippen LogP contribution in [0.3, 0.4) is 0 Å². The lowest BCUT2D eigenvalue weighted by Crippen LogP contribution is -2.35. The maximum absolute atomic E-state index is 11.3. The molecule has 0 aliphatic rings. The molecule has 0 radical (unpaired) electrons. The topological polar surface area (TPSA) is 66.8 Å². The van der Waals surface area contributed by atoms with Gasteiger partial charge in [0.2, 0.25) is 0 Å². The molecule has 2 atom stereocenters. The zero-order valence-corrected chi connectivity index (χ0v) is 16.0. The summed E-state index contributed by atoms with van der Waals surface area (Å²) in [7, 11) is 0. The Morgan fingerprint density at radius 1 is 0.750 bits per heavy atom. The first kappa shape index (κ1) is 23.4. The summed E-state index contributed by atoms with van der Waals surface area (Å²) in [5.74, 6) is -0.723. The number of hydrogen-bond donors (Lipinski definition) is 2. The summed E-state index contributed by atoms with van der Waals surface area (Å²) in [6, 6.07) is 0. The number of carbonyl (C=O) groups is 1. The molecule has 0 rings (SSSR count). The normalized spacial score (nSPS) is 13.7. The average molecular weight is 345 g/mol. The van der Waals surface area contributed by atoms with Gasteiger partial charge in [-0.25, -0.2) is 4.79 Å². The maximum Gasteiger partial charge on any atom is 0.337 e. The van der Waals surface area contributed by atoms with Gasteiger partial charge >= 0.3 is 5.97 Å². The second-order valence-electron chi connectivity index (χ2n) is 6.80. The van der Waals surface area contributed by atoms with Gasteiger partial charge in [-0.15, -0.1) is 0 Å². The van der Waals surface area contributed by atoms with E-state index in [4.69, 9.17) is 4.74 Å². The third kappa shape index (κ3) is 13.8. The molecule has 0 bridgehead atoms. The number of unbranched alkanes of at least 4 members (excludes halogenated alkanes) is 12. The monoisotopic (exact) mass is 344 g/mol. The molecule has 24 heavy (non-hydrogen) atoms. The number of hydrogen-bond acceptors (Lipinski definition) is 4. The summed E-state index contributed by atoms with van der Waals surface area (Å²) in [5, 5.41) is 19.3. The van der Waals surface area contributed by atoms with Gasteiger partial charge in [0.25, 0.3) is 0 Å². The summed E-state index contributed by atoms with van der Waals surface area (Å²) in [4.78, 5) is 11.3. The molecule has 0 spiro atoms. The lowest BCUT2D eigenvalue weighted by atomic mass is 10.0. The van der Waals surface area contributed by atoms with E-state index in [9.17, 15) is 15.0 Å². The Kier molecular flexibility index (Phi) is 16.8. The van der Waals surface area contributed by atoms with Crippen LogP contribution in [-0.2, 0) is 9.53 Å². The Hall–Kier alpha value is -0.610. The van der Waals surface area contributed by atoms with Gasteiger partial charge < -0.3 is 14.9 Å². The second-order valence-corrected chi connectivity index (χ2v) is 6.80. The minimum atomic E-state index is -1.40. The molecular weight excluding hydrogens is 304 g/mol. The molecule has 0 saturated heterocycles. The molecule has 2 unspecified atom stereocenters. The molecule has 0 heterocycles. The Balaban J connectivity index is 3.31. The molecule has 144 valence electrons. The predicted molar refractivity (Wildman–Crippen MR) is 99.0 cm³/mol. The third-order valence-corrected chi connectivity index (χ3v) is 4.50. The van der Waals surface area contributed by atoms with Crippen LogP contribution in [-0.4, -0.2) is 35.0 Å². The van der Waals surface area contributed by atoms with Crippen molar-refractivity contribution in [2.24, 2.45) is 0 Å². The molecule has 0 aromatic heterocycles. The third-order valence-electron chi connectivity index (χ3n) is 4.50. The van der Waals surface area contributed by atoms with Crippen LogP contribution in [0, 0.1) is 0 Å². The molecule has 0 aliphatic carbocycles. The van der Waals surface area contributed by atoms with Gasteiger partial charge in [0.1, 0.15) is 0 Å². The van der Waals surface area contributed by atoms with E-state index in [-0.39, 0.29) is 6.61 Å². The second kappa shape index (κ2) is 17.2. The zero-order valence-electron chi connectivity index (χ0n) is 16.0. The van der Waals surface area contributed by atoms with E-state index in [1.54, 1.807) is 6.92 Å². The zero-order chi connectivity index (χ0) is 18.0. The fraction of sp³-hybridized carbons (Fsp3) is 0.950. The molecule has 0 saturated carbocycles. The summed E-state index contributed by atoms with van der Waals surface area (Å²) >= 11 is 0. The van der Waals surface area contributed by atoms with Crippen molar-refractivity contribution in [1.29, 1.82) is 0 Å². The summed E-state index contributed by atoms with van der Waals surface area (Å²) in [6.45, 7) is 4.16. The number of ether oxygens (including phenoxy) is 1. The molecule has 4 heteroatoms. The van der Waals surface area contributed by atoms with Crippen LogP contribution in [0.1, 0.15) is 104 Å². The smallest absolute Gasteiger partial charge is 0.337 e. The van der Waals surface area contributed by atoms with E-state index >= 15 is 0 Å². The van der Waals surface area contributed by atoms with Crippen molar-refractivity contribution in [2.75, 3.05) is 6.61 Å². The van der Waals surface area contributed by atoms with E-state index in [0.29, 0.717) is 6.42 Å². The summed E-state index contributed by atoms with van der Waals surface area (Å²) in [6.07, 6.45) is 14.6. The first-order valence-electron chi connectivity index (χ1n) is 10.2. The van der Waals surface area contributed by atoms with E-state index in [1.165, 1.54) is 70.6 Å². The Labute approximate surface area is 149 Å². The highest BCUT2D eigenvalue weighted by Crippen LogP contribution is 2.14. The number of aliphatic hydroxyl groups is 2. The van der Waals surface area contributed by atoms with Crippen molar-refractivity contribution in [3.8, 4) is 0 Å². The molecule has 0 fully saturated rings. The number of rotatable bonds is 17. The molecule has 0 amide bonds. The highest BCUT2D eigenvalue weighted by molar-refractivity contribution is 5.75. The number of aliphatic hydroxyl groups excluding tert-OH is 2. The van der Waals surface area contributed by atoms with E-state index in [2.05, 4.69) is 6.92 Å². The van der Waals surface area contributed by atoms with Crippen molar-refractivity contribution in [3.05, 3.63) is 0 Å². The fourth-order valence-corrected chi connectivity index (χ4v) is 2.91. The molecule has 4 nitrogen and oxygen atoms in total. The summed E-state index contributed by atoms with van der Waals surface area (Å²) in [5.41, 5.74) is 0. The number of esters is 1. The van der Waals surface area contributed by atoms with Crippen LogP contribution in [0.4, 0.5) is 0 Å². The molecule has 0 aliphatic heterocycles. The SMILES string of the molecule is CCCCCCCCCCCCCCCC(O)C(O)C(=O)OCC. The van der Waals surface area contributed by atoms with Gasteiger partial charge in [0.15, 0.2) is 6.10 Å². The minimum absolute atomic E-state index is 0.224. The highest BCUT2D eigenvalue weighted by atomic mass is 16.5. The first-order valence-corrected chi connectivity index (χ1v) is 10.2.